The summed E-state index contributed by atoms with van der Waals surface area (Å²) >= 11 is 0. The first-order valence-corrected chi connectivity index (χ1v) is 5.75. The Bertz CT molecular complexity index is 361. The van der Waals surface area contributed by atoms with Crippen molar-refractivity contribution >= 4 is 0 Å². The predicted octanol–water partition coefficient (Wildman–Crippen LogP) is 3.08. The van der Waals surface area contributed by atoms with Gasteiger partial charge in [0.15, 0.2) is 6.10 Å². The second-order valence-electron chi connectivity index (χ2n) is 3.97. The Labute approximate surface area is 104 Å². The summed E-state index contributed by atoms with van der Waals surface area (Å²) in [6.07, 6.45) is -4.04. The van der Waals surface area contributed by atoms with Gasteiger partial charge in [0.05, 0.1) is 11.9 Å². The van der Waals surface area contributed by atoms with E-state index in [2.05, 4.69) is 10.3 Å². The van der Waals surface area contributed by atoms with Crippen molar-refractivity contribution in [3.63, 3.8) is 0 Å². The van der Waals surface area contributed by atoms with Crippen LogP contribution in [0.5, 0.6) is 5.75 Å². The van der Waals surface area contributed by atoms with E-state index in [1.165, 1.54) is 12.3 Å². The normalized spacial score (nSPS) is 15.2. The van der Waals surface area contributed by atoms with Gasteiger partial charge in [0.2, 0.25) is 0 Å². The summed E-state index contributed by atoms with van der Waals surface area (Å²) in [7, 11) is 1.81. The molecule has 0 aromatic carbocycles. The van der Waals surface area contributed by atoms with E-state index in [0.29, 0.717) is 0 Å². The number of hydrogen-bond donors (Lipinski definition) is 1. The highest BCUT2D eigenvalue weighted by molar-refractivity contribution is 5.21. The fraction of sp³-hybridized carbons (Fsp3) is 0.583. The Morgan fingerprint density at radius 1 is 1.39 bits per heavy atom. The lowest BCUT2D eigenvalue weighted by molar-refractivity contribution is -0.189. The summed E-state index contributed by atoms with van der Waals surface area (Å²) in [5, 5.41) is 3.07. The molecule has 0 aliphatic heterocycles. The molecule has 1 heterocycles. The highest BCUT2D eigenvalue weighted by atomic mass is 19.4. The topological polar surface area (TPSA) is 34.1 Å². The molecule has 2 unspecified atom stereocenters. The third-order valence-electron chi connectivity index (χ3n) is 2.65. The fourth-order valence-corrected chi connectivity index (χ4v) is 1.50. The van der Waals surface area contributed by atoms with Gasteiger partial charge < -0.3 is 10.1 Å². The highest BCUT2D eigenvalue weighted by Gasteiger charge is 2.38. The summed E-state index contributed by atoms with van der Waals surface area (Å²) < 4.78 is 41.7. The number of halogens is 3. The van der Waals surface area contributed by atoms with Crippen LogP contribution in [0, 0.1) is 0 Å². The van der Waals surface area contributed by atoms with Crippen LogP contribution in [0.4, 0.5) is 13.2 Å². The van der Waals surface area contributed by atoms with Crippen LogP contribution in [0.2, 0.25) is 0 Å². The number of ether oxygens (including phenoxy) is 1. The molecule has 0 bridgehead atoms. The molecule has 0 saturated heterocycles. The molecule has 102 valence electrons. The lowest BCUT2D eigenvalue weighted by atomic mass is 10.1. The lowest BCUT2D eigenvalue weighted by Crippen LogP contribution is -2.31. The third-order valence-corrected chi connectivity index (χ3v) is 2.65. The molecule has 0 aliphatic carbocycles. The van der Waals surface area contributed by atoms with Crippen LogP contribution in [0.15, 0.2) is 18.3 Å². The minimum absolute atomic E-state index is 0.0964. The van der Waals surface area contributed by atoms with E-state index >= 15 is 0 Å². The minimum atomic E-state index is -4.37. The monoisotopic (exact) mass is 262 g/mol. The van der Waals surface area contributed by atoms with Crippen molar-refractivity contribution in [2.75, 3.05) is 7.05 Å². The third kappa shape index (κ3) is 3.87. The Balaban J connectivity index is 2.71. The van der Waals surface area contributed by atoms with E-state index in [1.54, 1.807) is 6.07 Å². The van der Waals surface area contributed by atoms with Gasteiger partial charge in [-0.3, -0.25) is 4.98 Å². The van der Waals surface area contributed by atoms with Crippen LogP contribution in [0.1, 0.15) is 32.0 Å². The van der Waals surface area contributed by atoms with E-state index in [-0.39, 0.29) is 11.8 Å². The van der Waals surface area contributed by atoms with Gasteiger partial charge in [-0.25, -0.2) is 0 Å². The number of aromatic nitrogens is 1. The fourth-order valence-electron chi connectivity index (χ4n) is 1.50. The van der Waals surface area contributed by atoms with Crippen LogP contribution >= 0.6 is 0 Å². The molecule has 1 aromatic rings. The molecular weight excluding hydrogens is 245 g/mol. The van der Waals surface area contributed by atoms with Gasteiger partial charge in [0.25, 0.3) is 0 Å². The summed E-state index contributed by atoms with van der Waals surface area (Å²) in [5.74, 6) is 0.120. The predicted molar refractivity (Wildman–Crippen MR) is 62.5 cm³/mol. The summed E-state index contributed by atoms with van der Waals surface area (Å²) in [6, 6.07) is 3.27. The zero-order valence-corrected chi connectivity index (χ0v) is 10.6. The van der Waals surface area contributed by atoms with Crippen molar-refractivity contribution in [3.05, 3.63) is 24.0 Å². The molecule has 0 saturated carbocycles. The number of hydrogen-bond acceptors (Lipinski definition) is 3. The maximum atomic E-state index is 12.3. The molecule has 0 aliphatic rings. The Hall–Kier alpha value is -1.30. The van der Waals surface area contributed by atoms with Crippen molar-refractivity contribution in [1.82, 2.24) is 10.3 Å². The Morgan fingerprint density at radius 2 is 2.06 bits per heavy atom. The maximum Gasteiger partial charge on any atom is 0.425 e. The zero-order valence-electron chi connectivity index (χ0n) is 10.6. The molecular formula is C12H17F3N2O. The van der Waals surface area contributed by atoms with Crippen molar-refractivity contribution in [3.8, 4) is 5.75 Å². The van der Waals surface area contributed by atoms with Crippen molar-refractivity contribution in [2.45, 2.75) is 38.6 Å². The van der Waals surface area contributed by atoms with E-state index in [4.69, 9.17) is 4.74 Å². The van der Waals surface area contributed by atoms with E-state index in [0.717, 1.165) is 19.0 Å². The molecule has 1 N–H and O–H groups in total. The summed E-state index contributed by atoms with van der Waals surface area (Å²) in [5.41, 5.74) is 0.784. The van der Waals surface area contributed by atoms with Crippen LogP contribution < -0.4 is 10.1 Å². The van der Waals surface area contributed by atoms with E-state index in [1.807, 2.05) is 14.0 Å². The van der Waals surface area contributed by atoms with Gasteiger partial charge in [-0.2, -0.15) is 13.2 Å². The minimum Gasteiger partial charge on any atom is -0.480 e. The number of alkyl halides is 3. The quantitative estimate of drug-likeness (QED) is 0.885. The SMILES string of the molecule is CCC(NC)c1ccc(OC(C)C(F)(F)F)cn1. The molecule has 1 rings (SSSR count). The van der Waals surface area contributed by atoms with Crippen molar-refractivity contribution in [2.24, 2.45) is 0 Å². The zero-order chi connectivity index (χ0) is 13.8. The van der Waals surface area contributed by atoms with Gasteiger partial charge in [-0.05, 0) is 32.5 Å². The Morgan fingerprint density at radius 3 is 2.44 bits per heavy atom. The molecule has 0 fully saturated rings. The maximum absolute atomic E-state index is 12.3. The molecule has 0 amide bonds. The largest absolute Gasteiger partial charge is 0.480 e. The molecule has 3 nitrogen and oxygen atoms in total. The van der Waals surface area contributed by atoms with Crippen LogP contribution in [0.25, 0.3) is 0 Å². The second-order valence-corrected chi connectivity index (χ2v) is 3.97. The standard InChI is InChI=1S/C12H17F3N2O/c1-4-10(16-3)11-6-5-9(7-17-11)18-8(2)12(13,14)15/h5-8,10,16H,4H2,1-3H3. The van der Waals surface area contributed by atoms with Gasteiger partial charge in [0, 0.05) is 6.04 Å². The summed E-state index contributed by atoms with van der Waals surface area (Å²) in [6.45, 7) is 2.97. The number of rotatable bonds is 5. The average Bonchev–Trinajstić information content (AvgIpc) is 2.31. The number of nitrogens with one attached hydrogen (secondary N) is 1. The smallest absolute Gasteiger partial charge is 0.425 e. The van der Waals surface area contributed by atoms with Crippen LogP contribution in [0.3, 0.4) is 0 Å². The molecule has 0 radical (unpaired) electrons. The van der Waals surface area contributed by atoms with Crippen molar-refractivity contribution in [1.29, 1.82) is 0 Å². The second kappa shape index (κ2) is 6.04. The highest BCUT2D eigenvalue weighted by Crippen LogP contribution is 2.25. The van der Waals surface area contributed by atoms with Gasteiger partial charge in [-0.15, -0.1) is 0 Å². The van der Waals surface area contributed by atoms with Crippen LogP contribution in [-0.2, 0) is 0 Å². The molecule has 1 aromatic heterocycles. The van der Waals surface area contributed by atoms with E-state index in [9.17, 15) is 13.2 Å². The van der Waals surface area contributed by atoms with Gasteiger partial charge >= 0.3 is 6.18 Å². The molecule has 18 heavy (non-hydrogen) atoms. The van der Waals surface area contributed by atoms with Crippen LogP contribution in [-0.4, -0.2) is 24.3 Å². The van der Waals surface area contributed by atoms with Crippen molar-refractivity contribution < 1.29 is 17.9 Å². The molecule has 0 spiro atoms. The first-order valence-electron chi connectivity index (χ1n) is 5.75. The Kier molecular flexibility index (Phi) is 4.95. The molecule has 6 heteroatoms. The lowest BCUT2D eigenvalue weighted by Gasteiger charge is -2.18. The average molecular weight is 262 g/mol. The number of pyridine rings is 1. The molecule has 2 atom stereocenters. The van der Waals surface area contributed by atoms with Gasteiger partial charge in [-0.1, -0.05) is 6.92 Å². The summed E-state index contributed by atoms with van der Waals surface area (Å²) in [4.78, 5) is 4.10. The number of nitrogens with zero attached hydrogens (tertiary/aromatic N) is 1. The first-order chi connectivity index (χ1) is 8.38. The van der Waals surface area contributed by atoms with E-state index < -0.39 is 12.3 Å². The first kappa shape index (κ1) is 14.8. The van der Waals surface area contributed by atoms with Gasteiger partial charge in [0.1, 0.15) is 5.75 Å².